The van der Waals surface area contributed by atoms with E-state index < -0.39 is 0 Å². The van der Waals surface area contributed by atoms with Gasteiger partial charge in [-0.15, -0.1) is 0 Å². The molecular weight excluding hydrogens is 232 g/mol. The van der Waals surface area contributed by atoms with Crippen LogP contribution in [-0.4, -0.2) is 23.5 Å². The van der Waals surface area contributed by atoms with E-state index in [0.29, 0.717) is 12.1 Å². The highest BCUT2D eigenvalue weighted by molar-refractivity contribution is 5.30. The second kappa shape index (κ2) is 6.06. The molecule has 2 heteroatoms. The molecule has 1 aromatic carbocycles. The number of hydrogen-bond donors (Lipinski definition) is 1. The van der Waals surface area contributed by atoms with Crippen molar-refractivity contribution in [2.75, 3.05) is 6.54 Å². The quantitative estimate of drug-likeness (QED) is 0.900. The number of nitrogens with zero attached hydrogens (tertiary/aromatic N) is 1. The molecule has 3 unspecified atom stereocenters. The molecular formula is C17H28N2. The van der Waals surface area contributed by atoms with Gasteiger partial charge in [-0.1, -0.05) is 35.7 Å². The molecule has 1 saturated heterocycles. The van der Waals surface area contributed by atoms with Gasteiger partial charge in [0.15, 0.2) is 0 Å². The minimum atomic E-state index is 0.258. The molecule has 1 heterocycles. The molecule has 2 nitrogen and oxygen atoms in total. The lowest BCUT2D eigenvalue weighted by Gasteiger charge is -2.42. The van der Waals surface area contributed by atoms with Crippen LogP contribution < -0.4 is 5.73 Å². The molecule has 0 bridgehead atoms. The van der Waals surface area contributed by atoms with Crippen LogP contribution in [0.15, 0.2) is 18.2 Å². The van der Waals surface area contributed by atoms with E-state index in [0.717, 1.165) is 0 Å². The van der Waals surface area contributed by atoms with Gasteiger partial charge in [-0.05, 0) is 52.6 Å². The van der Waals surface area contributed by atoms with Crippen molar-refractivity contribution in [1.82, 2.24) is 4.90 Å². The molecule has 0 aliphatic carbocycles. The average Bonchev–Trinajstić information content (AvgIpc) is 2.36. The van der Waals surface area contributed by atoms with Crippen LogP contribution in [0.4, 0.5) is 0 Å². The Kier molecular flexibility index (Phi) is 4.64. The molecule has 3 atom stereocenters. The van der Waals surface area contributed by atoms with Gasteiger partial charge >= 0.3 is 0 Å². The summed E-state index contributed by atoms with van der Waals surface area (Å²) in [5.41, 5.74) is 10.3. The Labute approximate surface area is 118 Å². The van der Waals surface area contributed by atoms with Crippen molar-refractivity contribution in [2.24, 2.45) is 5.73 Å². The maximum Gasteiger partial charge on any atom is 0.0323 e. The van der Waals surface area contributed by atoms with Gasteiger partial charge < -0.3 is 5.73 Å². The number of rotatable bonds is 3. The molecule has 1 aliphatic rings. The summed E-state index contributed by atoms with van der Waals surface area (Å²) in [5, 5.41) is 0. The molecule has 2 rings (SSSR count). The standard InChI is InChI=1S/C17H28N2/c1-12-9-13(2)11-16(10-12)15(4)19-8-6-5-7-17(19)14(3)18/h9-11,14-15,17H,5-8,18H2,1-4H3. The van der Waals surface area contributed by atoms with Crippen molar-refractivity contribution in [3.8, 4) is 0 Å². The molecule has 0 spiro atoms. The first-order valence-corrected chi connectivity index (χ1v) is 7.58. The number of benzene rings is 1. The fourth-order valence-electron chi connectivity index (χ4n) is 3.47. The Morgan fingerprint density at radius 1 is 1.11 bits per heavy atom. The summed E-state index contributed by atoms with van der Waals surface area (Å²) >= 11 is 0. The second-order valence-electron chi connectivity index (χ2n) is 6.26. The third-order valence-electron chi connectivity index (χ3n) is 4.42. The van der Waals surface area contributed by atoms with E-state index >= 15 is 0 Å². The zero-order chi connectivity index (χ0) is 14.0. The Morgan fingerprint density at radius 2 is 1.74 bits per heavy atom. The van der Waals surface area contributed by atoms with E-state index in [1.165, 1.54) is 42.5 Å². The van der Waals surface area contributed by atoms with Gasteiger partial charge in [-0.2, -0.15) is 0 Å². The van der Waals surface area contributed by atoms with Crippen molar-refractivity contribution < 1.29 is 0 Å². The lowest BCUT2D eigenvalue weighted by atomic mass is 9.92. The molecule has 1 aliphatic heterocycles. The third kappa shape index (κ3) is 3.37. The fourth-order valence-corrected chi connectivity index (χ4v) is 3.47. The molecule has 0 amide bonds. The summed E-state index contributed by atoms with van der Waals surface area (Å²) in [7, 11) is 0. The zero-order valence-electron chi connectivity index (χ0n) is 12.8. The predicted molar refractivity (Wildman–Crippen MR) is 82.3 cm³/mol. The first-order chi connectivity index (χ1) is 8.99. The summed E-state index contributed by atoms with van der Waals surface area (Å²) in [5.74, 6) is 0. The molecule has 0 radical (unpaired) electrons. The molecule has 0 aromatic heterocycles. The van der Waals surface area contributed by atoms with Gasteiger partial charge in [0.25, 0.3) is 0 Å². The van der Waals surface area contributed by atoms with Crippen LogP contribution in [0.1, 0.15) is 55.8 Å². The molecule has 2 N–H and O–H groups in total. The minimum Gasteiger partial charge on any atom is -0.327 e. The molecule has 106 valence electrons. The number of piperidine rings is 1. The largest absolute Gasteiger partial charge is 0.327 e. The Balaban J connectivity index is 2.23. The van der Waals surface area contributed by atoms with E-state index in [1.54, 1.807) is 0 Å². The van der Waals surface area contributed by atoms with Crippen LogP contribution in [0.5, 0.6) is 0 Å². The monoisotopic (exact) mass is 260 g/mol. The fraction of sp³-hybridized carbons (Fsp3) is 0.647. The van der Waals surface area contributed by atoms with E-state index in [4.69, 9.17) is 5.73 Å². The Hall–Kier alpha value is -0.860. The third-order valence-corrected chi connectivity index (χ3v) is 4.42. The highest BCUT2D eigenvalue weighted by Crippen LogP contribution is 2.30. The van der Waals surface area contributed by atoms with Gasteiger partial charge in [0, 0.05) is 18.1 Å². The lowest BCUT2D eigenvalue weighted by Crippen LogP contribution is -2.49. The average molecular weight is 260 g/mol. The normalized spacial score (nSPS) is 24.2. The van der Waals surface area contributed by atoms with Gasteiger partial charge in [0.2, 0.25) is 0 Å². The van der Waals surface area contributed by atoms with Gasteiger partial charge in [0.1, 0.15) is 0 Å². The maximum absolute atomic E-state index is 6.19. The Bertz CT molecular complexity index is 405. The van der Waals surface area contributed by atoms with Crippen LogP contribution in [0.3, 0.4) is 0 Å². The first-order valence-electron chi connectivity index (χ1n) is 7.58. The number of likely N-dealkylation sites (tertiary alicyclic amines) is 1. The van der Waals surface area contributed by atoms with Gasteiger partial charge in [0.05, 0.1) is 0 Å². The highest BCUT2D eigenvalue weighted by Gasteiger charge is 2.29. The Morgan fingerprint density at radius 3 is 2.32 bits per heavy atom. The van der Waals surface area contributed by atoms with Crippen molar-refractivity contribution in [1.29, 1.82) is 0 Å². The summed E-state index contributed by atoms with van der Waals surface area (Å²) in [6.07, 6.45) is 3.87. The maximum atomic E-state index is 6.19. The number of nitrogens with two attached hydrogens (primary N) is 1. The number of aryl methyl sites for hydroxylation is 2. The van der Waals surface area contributed by atoms with Crippen LogP contribution >= 0.6 is 0 Å². The molecule has 1 aromatic rings. The molecule has 19 heavy (non-hydrogen) atoms. The van der Waals surface area contributed by atoms with Crippen molar-refractivity contribution >= 4 is 0 Å². The highest BCUT2D eigenvalue weighted by atomic mass is 15.2. The summed E-state index contributed by atoms with van der Waals surface area (Å²) in [6.45, 7) is 10.0. The van der Waals surface area contributed by atoms with Crippen molar-refractivity contribution in [3.63, 3.8) is 0 Å². The topological polar surface area (TPSA) is 29.3 Å². The lowest BCUT2D eigenvalue weighted by molar-refractivity contribution is 0.0890. The summed E-state index contributed by atoms with van der Waals surface area (Å²) in [6, 6.07) is 8.15. The van der Waals surface area contributed by atoms with Crippen LogP contribution in [-0.2, 0) is 0 Å². The van der Waals surface area contributed by atoms with Crippen LogP contribution in [0, 0.1) is 13.8 Å². The van der Waals surface area contributed by atoms with Gasteiger partial charge in [-0.3, -0.25) is 4.90 Å². The van der Waals surface area contributed by atoms with E-state index in [2.05, 4.69) is 50.8 Å². The van der Waals surface area contributed by atoms with Crippen molar-refractivity contribution in [3.05, 3.63) is 34.9 Å². The van der Waals surface area contributed by atoms with E-state index in [9.17, 15) is 0 Å². The summed E-state index contributed by atoms with van der Waals surface area (Å²) < 4.78 is 0. The number of hydrogen-bond acceptors (Lipinski definition) is 2. The second-order valence-corrected chi connectivity index (χ2v) is 6.26. The van der Waals surface area contributed by atoms with Crippen molar-refractivity contribution in [2.45, 2.75) is 65.1 Å². The van der Waals surface area contributed by atoms with Crippen LogP contribution in [0.25, 0.3) is 0 Å². The van der Waals surface area contributed by atoms with E-state index in [1.807, 2.05) is 0 Å². The smallest absolute Gasteiger partial charge is 0.0323 e. The zero-order valence-corrected chi connectivity index (χ0v) is 12.8. The minimum absolute atomic E-state index is 0.258. The molecule has 1 fully saturated rings. The SMILES string of the molecule is Cc1cc(C)cc(C(C)N2CCCCC2C(C)N)c1. The van der Waals surface area contributed by atoms with E-state index in [-0.39, 0.29) is 6.04 Å². The first kappa shape index (κ1) is 14.5. The van der Waals surface area contributed by atoms with Gasteiger partial charge in [-0.25, -0.2) is 0 Å². The predicted octanol–water partition coefficient (Wildman–Crippen LogP) is 3.57. The van der Waals surface area contributed by atoms with Crippen LogP contribution in [0.2, 0.25) is 0 Å². The molecule has 0 saturated carbocycles. The summed E-state index contributed by atoms with van der Waals surface area (Å²) in [4.78, 5) is 2.61.